The molecule has 2 nitrogen and oxygen atoms in total. The Balaban J connectivity index is 2.12. The van der Waals surface area contributed by atoms with Crippen LogP contribution in [0.2, 0.25) is 0 Å². The van der Waals surface area contributed by atoms with Gasteiger partial charge in [0.1, 0.15) is 5.82 Å². The number of rotatable bonds is 3. The molecule has 1 N–H and O–H groups in total. The molecule has 2 aromatic rings. The maximum absolute atomic E-state index is 13.3. The first-order chi connectivity index (χ1) is 7.66. The molecule has 2 rings (SSSR count). The van der Waals surface area contributed by atoms with Crippen LogP contribution in [0.5, 0.6) is 0 Å². The zero-order valence-electron chi connectivity index (χ0n) is 8.71. The molecule has 84 valence electrons. The van der Waals surface area contributed by atoms with Gasteiger partial charge in [-0.25, -0.2) is 4.39 Å². The Morgan fingerprint density at radius 2 is 2.19 bits per heavy atom. The van der Waals surface area contributed by atoms with E-state index in [1.165, 1.54) is 6.07 Å². The molecule has 1 atom stereocenters. The summed E-state index contributed by atoms with van der Waals surface area (Å²) in [6.45, 7) is 1.99. The van der Waals surface area contributed by atoms with Crippen molar-refractivity contribution in [2.75, 3.05) is 5.32 Å². The molecule has 0 radical (unpaired) electrons. The summed E-state index contributed by atoms with van der Waals surface area (Å²) in [5, 5.41) is 3.19. The molecule has 0 aliphatic rings. The monoisotopic (exact) mass is 283 g/mol. The Morgan fingerprint density at radius 1 is 1.38 bits per heavy atom. The smallest absolute Gasteiger partial charge is 0.139 e. The predicted molar refractivity (Wildman–Crippen MR) is 64.8 cm³/mol. The van der Waals surface area contributed by atoms with Gasteiger partial charge in [-0.05, 0) is 47.1 Å². The Morgan fingerprint density at radius 3 is 2.81 bits per heavy atom. The minimum Gasteiger partial charge on any atom is -0.472 e. The lowest BCUT2D eigenvalue weighted by molar-refractivity contribution is 0.562. The van der Waals surface area contributed by atoms with Crippen molar-refractivity contribution in [2.45, 2.75) is 13.0 Å². The normalized spacial score (nSPS) is 12.4. The molecule has 0 aliphatic heterocycles. The molecule has 0 aliphatic carbocycles. The van der Waals surface area contributed by atoms with Gasteiger partial charge in [-0.3, -0.25) is 0 Å². The van der Waals surface area contributed by atoms with Gasteiger partial charge in [-0.2, -0.15) is 0 Å². The highest BCUT2D eigenvalue weighted by Gasteiger charge is 2.07. The Kier molecular flexibility index (Phi) is 3.29. The van der Waals surface area contributed by atoms with Crippen LogP contribution in [-0.2, 0) is 0 Å². The number of benzene rings is 1. The van der Waals surface area contributed by atoms with Crippen molar-refractivity contribution in [3.63, 3.8) is 0 Å². The summed E-state index contributed by atoms with van der Waals surface area (Å²) < 4.78 is 18.7. The maximum atomic E-state index is 13.3. The van der Waals surface area contributed by atoms with E-state index in [2.05, 4.69) is 21.2 Å². The summed E-state index contributed by atoms with van der Waals surface area (Å²) in [7, 11) is 0. The zero-order chi connectivity index (χ0) is 11.5. The van der Waals surface area contributed by atoms with Crippen molar-refractivity contribution in [3.05, 3.63) is 52.6 Å². The topological polar surface area (TPSA) is 25.2 Å². The van der Waals surface area contributed by atoms with Gasteiger partial charge in [-0.15, -0.1) is 0 Å². The van der Waals surface area contributed by atoms with E-state index in [0.717, 1.165) is 11.3 Å². The fourth-order valence-corrected chi connectivity index (χ4v) is 1.69. The minimum absolute atomic E-state index is 0.0827. The number of furan rings is 1. The van der Waals surface area contributed by atoms with Crippen molar-refractivity contribution in [1.29, 1.82) is 0 Å². The molecule has 0 saturated heterocycles. The molecule has 1 unspecified atom stereocenters. The number of hydrogen-bond acceptors (Lipinski definition) is 2. The summed E-state index contributed by atoms with van der Waals surface area (Å²) in [6.07, 6.45) is 3.29. The van der Waals surface area contributed by atoms with Gasteiger partial charge in [0.05, 0.1) is 23.0 Å². The van der Waals surface area contributed by atoms with Gasteiger partial charge < -0.3 is 9.73 Å². The molecule has 1 aromatic carbocycles. The van der Waals surface area contributed by atoms with Gasteiger partial charge in [-0.1, -0.05) is 0 Å². The first-order valence-electron chi connectivity index (χ1n) is 4.90. The lowest BCUT2D eigenvalue weighted by atomic mass is 10.1. The summed E-state index contributed by atoms with van der Waals surface area (Å²) in [5.41, 5.74) is 1.78. The van der Waals surface area contributed by atoms with Crippen molar-refractivity contribution >= 4 is 21.6 Å². The van der Waals surface area contributed by atoms with E-state index >= 15 is 0 Å². The zero-order valence-corrected chi connectivity index (χ0v) is 10.3. The predicted octanol–water partition coefficient (Wildman–Crippen LogP) is 4.35. The first-order valence-corrected chi connectivity index (χ1v) is 5.70. The van der Waals surface area contributed by atoms with Gasteiger partial charge in [0, 0.05) is 11.3 Å². The minimum atomic E-state index is -0.274. The fraction of sp³-hybridized carbons (Fsp3) is 0.167. The highest BCUT2D eigenvalue weighted by Crippen LogP contribution is 2.23. The number of halogens is 2. The summed E-state index contributed by atoms with van der Waals surface area (Å²) in [5.74, 6) is -0.274. The molecule has 0 spiro atoms. The van der Waals surface area contributed by atoms with Crippen molar-refractivity contribution in [3.8, 4) is 0 Å². The largest absolute Gasteiger partial charge is 0.472 e. The molecule has 1 aromatic heterocycles. The lowest BCUT2D eigenvalue weighted by Gasteiger charge is -2.13. The Bertz CT molecular complexity index is 470. The molecule has 0 amide bonds. The first kappa shape index (κ1) is 11.2. The molecular formula is C12H11BrFNO. The summed E-state index contributed by atoms with van der Waals surface area (Å²) in [4.78, 5) is 0. The van der Waals surface area contributed by atoms with E-state index in [9.17, 15) is 4.39 Å². The second-order valence-electron chi connectivity index (χ2n) is 3.55. The average molecular weight is 284 g/mol. The molecule has 0 fully saturated rings. The highest BCUT2D eigenvalue weighted by molar-refractivity contribution is 9.10. The van der Waals surface area contributed by atoms with Crippen LogP contribution in [0.25, 0.3) is 0 Å². The third kappa shape index (κ3) is 2.44. The van der Waals surface area contributed by atoms with Crippen molar-refractivity contribution < 1.29 is 8.81 Å². The fourth-order valence-electron chi connectivity index (χ4n) is 1.44. The van der Waals surface area contributed by atoms with Crippen LogP contribution in [0.3, 0.4) is 0 Å². The number of nitrogens with one attached hydrogen (secondary N) is 1. The van der Waals surface area contributed by atoms with E-state index in [1.54, 1.807) is 18.6 Å². The molecular weight excluding hydrogens is 273 g/mol. The molecule has 16 heavy (non-hydrogen) atoms. The van der Waals surface area contributed by atoms with Crippen LogP contribution < -0.4 is 5.32 Å². The van der Waals surface area contributed by atoms with Crippen LogP contribution in [0.1, 0.15) is 18.5 Å². The van der Waals surface area contributed by atoms with E-state index in [0.29, 0.717) is 4.47 Å². The maximum Gasteiger partial charge on any atom is 0.139 e. The van der Waals surface area contributed by atoms with Crippen molar-refractivity contribution in [1.82, 2.24) is 0 Å². The average Bonchev–Trinajstić information content (AvgIpc) is 2.77. The molecule has 4 heteroatoms. The molecule has 1 heterocycles. The van der Waals surface area contributed by atoms with E-state index in [4.69, 9.17) is 4.42 Å². The van der Waals surface area contributed by atoms with Gasteiger partial charge >= 0.3 is 0 Å². The van der Waals surface area contributed by atoms with Crippen LogP contribution in [-0.4, -0.2) is 0 Å². The summed E-state index contributed by atoms with van der Waals surface area (Å²) >= 11 is 3.12. The molecule has 0 saturated carbocycles. The second-order valence-corrected chi connectivity index (χ2v) is 4.41. The SMILES string of the molecule is CC(Nc1ccc(Br)c(F)c1)c1ccoc1. The Labute approximate surface area is 102 Å². The number of hydrogen-bond donors (Lipinski definition) is 1. The van der Waals surface area contributed by atoms with Crippen LogP contribution >= 0.6 is 15.9 Å². The standard InChI is InChI=1S/C12H11BrFNO/c1-8(9-4-5-16-7-9)15-10-2-3-11(13)12(14)6-10/h2-8,15H,1H3. The Hall–Kier alpha value is -1.29. The quantitative estimate of drug-likeness (QED) is 0.906. The summed E-state index contributed by atoms with van der Waals surface area (Å²) in [6, 6.07) is 6.93. The second kappa shape index (κ2) is 4.70. The van der Waals surface area contributed by atoms with E-state index < -0.39 is 0 Å². The van der Waals surface area contributed by atoms with E-state index in [-0.39, 0.29) is 11.9 Å². The number of anilines is 1. The van der Waals surface area contributed by atoms with Crippen molar-refractivity contribution in [2.24, 2.45) is 0 Å². The van der Waals surface area contributed by atoms with Gasteiger partial charge in [0.2, 0.25) is 0 Å². The van der Waals surface area contributed by atoms with Crippen LogP contribution in [0, 0.1) is 5.82 Å². The third-order valence-electron chi connectivity index (χ3n) is 2.35. The third-order valence-corrected chi connectivity index (χ3v) is 2.99. The lowest BCUT2D eigenvalue weighted by Crippen LogP contribution is -2.05. The van der Waals surface area contributed by atoms with Crippen LogP contribution in [0.15, 0.2) is 45.7 Å². The molecule has 0 bridgehead atoms. The van der Waals surface area contributed by atoms with Crippen LogP contribution in [0.4, 0.5) is 10.1 Å². The van der Waals surface area contributed by atoms with E-state index in [1.807, 2.05) is 19.1 Å². The van der Waals surface area contributed by atoms with Gasteiger partial charge in [0.25, 0.3) is 0 Å². The highest BCUT2D eigenvalue weighted by atomic mass is 79.9. The van der Waals surface area contributed by atoms with Gasteiger partial charge in [0.15, 0.2) is 0 Å².